The van der Waals surface area contributed by atoms with Crippen molar-refractivity contribution in [2.45, 2.75) is 9.79 Å². The Bertz CT molecular complexity index is 1150. The van der Waals surface area contributed by atoms with Crippen LogP contribution in [0, 0.1) is 0 Å². The lowest BCUT2D eigenvalue weighted by Gasteiger charge is -2.08. The topological polar surface area (TPSA) is 65.2 Å². The van der Waals surface area contributed by atoms with Crippen LogP contribution in [-0.4, -0.2) is 22.6 Å². The maximum atomic E-state index is 9.97. The highest BCUT2D eigenvalue weighted by Gasteiger charge is 2.07. The number of benzene rings is 4. The molecule has 152 valence electrons. The van der Waals surface area contributed by atoms with Crippen molar-refractivity contribution in [3.8, 4) is 11.5 Å². The van der Waals surface area contributed by atoms with Crippen LogP contribution in [0.3, 0.4) is 0 Å². The summed E-state index contributed by atoms with van der Waals surface area (Å²) in [4.78, 5) is 11.1. The molecule has 5 heteroatoms. The summed E-state index contributed by atoms with van der Waals surface area (Å²) in [6.45, 7) is 0. The second-order valence-electron chi connectivity index (χ2n) is 6.67. The summed E-state index contributed by atoms with van der Waals surface area (Å²) >= 11 is 1.57. The van der Waals surface area contributed by atoms with Gasteiger partial charge in [0.15, 0.2) is 0 Å². The van der Waals surface area contributed by atoms with E-state index in [0.29, 0.717) is 11.1 Å². The second kappa shape index (κ2) is 9.78. The molecule has 4 aromatic rings. The molecule has 0 spiro atoms. The maximum absolute atomic E-state index is 9.97. The first-order chi connectivity index (χ1) is 15.2. The van der Waals surface area contributed by atoms with E-state index in [1.165, 1.54) is 0 Å². The van der Waals surface area contributed by atoms with Crippen molar-refractivity contribution in [2.75, 3.05) is 0 Å². The molecule has 0 saturated carbocycles. The first-order valence-corrected chi connectivity index (χ1v) is 10.5. The van der Waals surface area contributed by atoms with Gasteiger partial charge in [-0.1, -0.05) is 60.3 Å². The van der Waals surface area contributed by atoms with Crippen molar-refractivity contribution in [3.63, 3.8) is 0 Å². The molecule has 4 rings (SSSR count). The van der Waals surface area contributed by atoms with E-state index in [1.54, 1.807) is 48.5 Å². The Morgan fingerprint density at radius 3 is 1.35 bits per heavy atom. The molecule has 0 saturated heterocycles. The summed E-state index contributed by atoms with van der Waals surface area (Å²) in [6, 6.07) is 29.9. The number of hydrogen-bond donors (Lipinski definition) is 2. The van der Waals surface area contributed by atoms with Crippen molar-refractivity contribution in [1.82, 2.24) is 0 Å². The molecule has 0 aromatic heterocycles. The quantitative estimate of drug-likeness (QED) is 0.336. The van der Waals surface area contributed by atoms with Crippen molar-refractivity contribution < 1.29 is 10.2 Å². The highest BCUT2D eigenvalue weighted by molar-refractivity contribution is 7.99. The number of nitrogens with zero attached hydrogens (tertiary/aromatic N) is 2. The summed E-state index contributed by atoms with van der Waals surface area (Å²) in [5, 5.41) is 19.9. The average Bonchev–Trinajstić information content (AvgIpc) is 2.80. The standard InChI is InChI=1S/C26H20N2O2S/c29-23-13-5-1-9-19(23)17-27-21-11-3-7-15-25(21)31-26-16-8-4-12-22(26)28-18-20-10-2-6-14-24(20)30/h1-18,29-30H. The molecular weight excluding hydrogens is 404 g/mol. The Balaban J connectivity index is 1.61. The zero-order valence-corrected chi connectivity index (χ0v) is 17.4. The van der Waals surface area contributed by atoms with Gasteiger partial charge in [0.05, 0.1) is 11.4 Å². The monoisotopic (exact) mass is 424 g/mol. The Kier molecular flexibility index (Phi) is 6.45. The van der Waals surface area contributed by atoms with Crippen LogP contribution in [0.25, 0.3) is 0 Å². The lowest BCUT2D eigenvalue weighted by Crippen LogP contribution is -1.83. The molecule has 0 atom stereocenters. The van der Waals surface area contributed by atoms with E-state index in [2.05, 4.69) is 9.98 Å². The fraction of sp³-hybridized carbons (Fsp3) is 0. The molecule has 0 radical (unpaired) electrons. The molecule has 2 N–H and O–H groups in total. The van der Waals surface area contributed by atoms with Gasteiger partial charge in [0, 0.05) is 33.3 Å². The summed E-state index contributed by atoms with van der Waals surface area (Å²) in [6.07, 6.45) is 3.33. The van der Waals surface area contributed by atoms with Crippen molar-refractivity contribution in [2.24, 2.45) is 9.98 Å². The Morgan fingerprint density at radius 1 is 0.516 bits per heavy atom. The third kappa shape index (κ3) is 5.21. The van der Waals surface area contributed by atoms with Gasteiger partial charge in [-0.05, 0) is 48.5 Å². The summed E-state index contributed by atoms with van der Waals surface area (Å²) in [7, 11) is 0. The highest BCUT2D eigenvalue weighted by atomic mass is 32.2. The van der Waals surface area contributed by atoms with E-state index in [-0.39, 0.29) is 11.5 Å². The van der Waals surface area contributed by atoms with Gasteiger partial charge in [-0.15, -0.1) is 0 Å². The molecule has 0 fully saturated rings. The van der Waals surface area contributed by atoms with E-state index in [4.69, 9.17) is 0 Å². The normalized spacial score (nSPS) is 11.4. The van der Waals surface area contributed by atoms with E-state index in [9.17, 15) is 10.2 Å². The zero-order chi connectivity index (χ0) is 21.5. The van der Waals surface area contributed by atoms with Crippen LogP contribution >= 0.6 is 11.8 Å². The largest absolute Gasteiger partial charge is 0.507 e. The smallest absolute Gasteiger partial charge is 0.124 e. The predicted octanol–water partition coefficient (Wildman–Crippen LogP) is 6.75. The van der Waals surface area contributed by atoms with Gasteiger partial charge in [-0.3, -0.25) is 9.98 Å². The third-order valence-electron chi connectivity index (χ3n) is 4.51. The molecule has 4 aromatic carbocycles. The van der Waals surface area contributed by atoms with Crippen LogP contribution < -0.4 is 0 Å². The number of rotatable bonds is 6. The van der Waals surface area contributed by atoms with Crippen molar-refractivity contribution in [1.29, 1.82) is 0 Å². The highest BCUT2D eigenvalue weighted by Crippen LogP contribution is 2.39. The number of phenols is 2. The fourth-order valence-electron chi connectivity index (χ4n) is 2.89. The fourth-order valence-corrected chi connectivity index (χ4v) is 3.87. The van der Waals surface area contributed by atoms with Gasteiger partial charge in [-0.2, -0.15) is 0 Å². The zero-order valence-electron chi connectivity index (χ0n) is 16.6. The lowest BCUT2D eigenvalue weighted by molar-refractivity contribution is 0.474. The van der Waals surface area contributed by atoms with Gasteiger partial charge >= 0.3 is 0 Å². The third-order valence-corrected chi connectivity index (χ3v) is 5.64. The maximum Gasteiger partial charge on any atom is 0.124 e. The molecule has 0 aliphatic heterocycles. The molecule has 0 amide bonds. The predicted molar refractivity (Wildman–Crippen MR) is 128 cm³/mol. The van der Waals surface area contributed by atoms with E-state index in [1.807, 2.05) is 72.8 Å². The SMILES string of the molecule is Oc1ccccc1C=Nc1ccccc1Sc1ccccc1N=Cc1ccccc1O. The van der Waals surface area contributed by atoms with Gasteiger partial charge in [-0.25, -0.2) is 0 Å². The van der Waals surface area contributed by atoms with Crippen LogP contribution in [0.5, 0.6) is 11.5 Å². The molecule has 0 heterocycles. The van der Waals surface area contributed by atoms with Crippen molar-refractivity contribution in [3.05, 3.63) is 108 Å². The van der Waals surface area contributed by atoms with Gasteiger partial charge in [0.1, 0.15) is 11.5 Å². The number of aromatic hydroxyl groups is 2. The summed E-state index contributed by atoms with van der Waals surface area (Å²) in [5.74, 6) is 0.389. The number of aliphatic imine (C=N–C) groups is 2. The van der Waals surface area contributed by atoms with Gasteiger partial charge in [0.25, 0.3) is 0 Å². The van der Waals surface area contributed by atoms with Gasteiger partial charge in [0.2, 0.25) is 0 Å². The average molecular weight is 425 g/mol. The van der Waals surface area contributed by atoms with Crippen LogP contribution in [0.15, 0.2) is 117 Å². The van der Waals surface area contributed by atoms with Gasteiger partial charge < -0.3 is 10.2 Å². The molecule has 4 nitrogen and oxygen atoms in total. The minimum absolute atomic E-state index is 0.195. The number of phenolic OH excluding ortho intramolecular Hbond substituents is 2. The van der Waals surface area contributed by atoms with Crippen LogP contribution in [0.1, 0.15) is 11.1 Å². The van der Waals surface area contributed by atoms with E-state index < -0.39 is 0 Å². The molecule has 31 heavy (non-hydrogen) atoms. The van der Waals surface area contributed by atoms with E-state index in [0.717, 1.165) is 21.2 Å². The van der Waals surface area contributed by atoms with Crippen molar-refractivity contribution >= 4 is 35.6 Å². The second-order valence-corrected chi connectivity index (χ2v) is 7.76. The Labute approximate surface area is 185 Å². The minimum Gasteiger partial charge on any atom is -0.507 e. The molecule has 0 aliphatic rings. The van der Waals surface area contributed by atoms with Crippen LogP contribution in [0.4, 0.5) is 11.4 Å². The molecule has 0 bridgehead atoms. The summed E-state index contributed by atoms with van der Waals surface area (Å²) in [5.41, 5.74) is 2.93. The Morgan fingerprint density at radius 2 is 0.903 bits per heavy atom. The lowest BCUT2D eigenvalue weighted by atomic mass is 10.2. The molecule has 0 unspecified atom stereocenters. The van der Waals surface area contributed by atoms with Crippen LogP contribution in [0.2, 0.25) is 0 Å². The van der Waals surface area contributed by atoms with E-state index >= 15 is 0 Å². The molecule has 0 aliphatic carbocycles. The number of para-hydroxylation sites is 4. The molecular formula is C26H20N2O2S. The Hall–Kier alpha value is -3.83. The van der Waals surface area contributed by atoms with Crippen LogP contribution in [-0.2, 0) is 0 Å². The minimum atomic E-state index is 0.195. The first kappa shape index (κ1) is 20.4. The summed E-state index contributed by atoms with van der Waals surface area (Å²) < 4.78 is 0. The number of hydrogen-bond acceptors (Lipinski definition) is 5. The first-order valence-electron chi connectivity index (χ1n) is 9.71.